The number of carbonyl (C=O) groups excluding carboxylic acids is 2. The van der Waals surface area contributed by atoms with E-state index in [-0.39, 0.29) is 17.9 Å². The van der Waals surface area contributed by atoms with Gasteiger partial charge >= 0.3 is 0 Å². The van der Waals surface area contributed by atoms with Gasteiger partial charge in [-0.05, 0) is 72.2 Å². The zero-order valence-corrected chi connectivity index (χ0v) is 20.5. The summed E-state index contributed by atoms with van der Waals surface area (Å²) < 4.78 is 12.1. The van der Waals surface area contributed by atoms with E-state index in [0.29, 0.717) is 17.1 Å². The Morgan fingerprint density at radius 1 is 1.10 bits per heavy atom. The zero-order chi connectivity index (χ0) is 23.0. The highest BCUT2D eigenvalue weighted by molar-refractivity contribution is 14.1. The predicted molar refractivity (Wildman–Crippen MR) is 130 cm³/mol. The van der Waals surface area contributed by atoms with Crippen molar-refractivity contribution in [2.75, 3.05) is 7.11 Å². The van der Waals surface area contributed by atoms with Gasteiger partial charge in [-0.3, -0.25) is 9.59 Å². The second-order valence-corrected chi connectivity index (χ2v) is 8.66. The van der Waals surface area contributed by atoms with Crippen molar-refractivity contribution in [1.29, 1.82) is 0 Å². The molecule has 0 aliphatic carbocycles. The first-order valence-corrected chi connectivity index (χ1v) is 11.0. The van der Waals surface area contributed by atoms with Gasteiger partial charge in [-0.25, -0.2) is 5.43 Å². The van der Waals surface area contributed by atoms with Crippen molar-refractivity contribution in [3.63, 3.8) is 0 Å². The molecule has 0 heterocycles. The van der Waals surface area contributed by atoms with Crippen molar-refractivity contribution in [2.24, 2.45) is 11.0 Å². The Bertz CT molecular complexity index is 930. The predicted octanol–water partition coefficient (Wildman–Crippen LogP) is 3.99. The van der Waals surface area contributed by atoms with E-state index in [4.69, 9.17) is 9.47 Å². The minimum atomic E-state index is -0.721. The van der Waals surface area contributed by atoms with Crippen molar-refractivity contribution in [3.05, 3.63) is 57.2 Å². The van der Waals surface area contributed by atoms with Crippen molar-refractivity contribution in [2.45, 2.75) is 39.8 Å². The Morgan fingerprint density at radius 2 is 1.77 bits per heavy atom. The number of benzene rings is 2. The number of halogens is 1. The van der Waals surface area contributed by atoms with Crippen LogP contribution in [0.1, 0.15) is 43.6 Å². The van der Waals surface area contributed by atoms with Crippen LogP contribution in [-0.2, 0) is 4.79 Å². The van der Waals surface area contributed by atoms with Gasteiger partial charge in [0, 0.05) is 5.56 Å². The van der Waals surface area contributed by atoms with Gasteiger partial charge in [0.1, 0.15) is 6.04 Å². The molecule has 0 aliphatic heterocycles. The molecule has 166 valence electrons. The fraction of sp³-hybridized carbons (Fsp3) is 0.348. The first-order chi connectivity index (χ1) is 14.7. The topological polar surface area (TPSA) is 89.0 Å². The summed E-state index contributed by atoms with van der Waals surface area (Å²) in [5.41, 5.74) is 3.75. The molecule has 2 rings (SSSR count). The molecule has 1 atom stereocenters. The number of nitrogens with one attached hydrogen (secondary N) is 2. The van der Waals surface area contributed by atoms with Gasteiger partial charge in [-0.1, -0.05) is 32.0 Å². The average Bonchev–Trinajstić information content (AvgIpc) is 2.73. The molecule has 0 saturated heterocycles. The lowest BCUT2D eigenvalue weighted by Crippen LogP contribution is -2.48. The quantitative estimate of drug-likeness (QED) is 0.288. The monoisotopic (exact) mass is 537 g/mol. The van der Waals surface area contributed by atoms with Crippen LogP contribution in [0, 0.1) is 9.49 Å². The molecule has 0 saturated carbocycles. The minimum Gasteiger partial charge on any atom is -0.493 e. The molecule has 1 unspecified atom stereocenters. The van der Waals surface area contributed by atoms with E-state index in [2.05, 4.69) is 38.4 Å². The normalized spacial score (nSPS) is 12.1. The summed E-state index contributed by atoms with van der Waals surface area (Å²) in [6, 6.07) is 11.7. The lowest BCUT2D eigenvalue weighted by Gasteiger charge is -2.20. The molecule has 8 heteroatoms. The molecule has 0 bridgehead atoms. The Hall–Kier alpha value is -2.62. The smallest absolute Gasteiger partial charge is 0.262 e. The Balaban J connectivity index is 2.08. The molecule has 7 nitrogen and oxygen atoms in total. The van der Waals surface area contributed by atoms with Crippen LogP contribution >= 0.6 is 22.6 Å². The van der Waals surface area contributed by atoms with E-state index < -0.39 is 11.9 Å². The lowest BCUT2D eigenvalue weighted by molar-refractivity contribution is -0.123. The first-order valence-electron chi connectivity index (χ1n) is 9.96. The molecule has 2 amide bonds. The SMILES string of the molecule is COc1cc(C=NNC(=O)C(NC(=O)c2ccccc2)C(C)C)cc(I)c1OC(C)C. The average molecular weight is 537 g/mol. The molecule has 31 heavy (non-hydrogen) atoms. The van der Waals surface area contributed by atoms with Crippen LogP contribution in [-0.4, -0.2) is 37.3 Å². The highest BCUT2D eigenvalue weighted by Crippen LogP contribution is 2.34. The molecular formula is C23H28IN3O4. The highest BCUT2D eigenvalue weighted by Gasteiger charge is 2.24. The van der Waals surface area contributed by atoms with E-state index in [9.17, 15) is 9.59 Å². The standard InChI is InChI=1S/C23H28IN3O4/c1-14(2)20(26-22(28)17-9-7-6-8-10-17)23(29)27-25-13-16-11-18(24)21(31-15(3)4)19(12-16)30-5/h6-15,20H,1-5H3,(H,26,28)(H,27,29). The van der Waals surface area contributed by atoms with Crippen LogP contribution in [0.25, 0.3) is 0 Å². The van der Waals surface area contributed by atoms with E-state index >= 15 is 0 Å². The van der Waals surface area contributed by atoms with Crippen LogP contribution in [0.3, 0.4) is 0 Å². The van der Waals surface area contributed by atoms with Crippen LogP contribution in [0.2, 0.25) is 0 Å². The largest absolute Gasteiger partial charge is 0.493 e. The number of hydrazone groups is 1. The van der Waals surface area contributed by atoms with Crippen molar-refractivity contribution in [3.8, 4) is 11.5 Å². The lowest BCUT2D eigenvalue weighted by atomic mass is 10.0. The Kier molecular flexibility index (Phi) is 9.29. The molecule has 2 N–H and O–H groups in total. The van der Waals surface area contributed by atoms with E-state index in [1.165, 1.54) is 6.21 Å². The van der Waals surface area contributed by atoms with E-state index in [1.54, 1.807) is 37.4 Å². The third-order valence-corrected chi connectivity index (χ3v) is 5.07. The van der Waals surface area contributed by atoms with Crippen molar-refractivity contribution in [1.82, 2.24) is 10.7 Å². The first kappa shape index (κ1) is 24.6. The minimum absolute atomic E-state index is 0.0142. The van der Waals surface area contributed by atoms with Crippen LogP contribution in [0.15, 0.2) is 47.6 Å². The van der Waals surface area contributed by atoms with E-state index in [1.807, 2.05) is 39.8 Å². The number of amides is 2. The molecule has 2 aromatic rings. The van der Waals surface area contributed by atoms with Crippen LogP contribution in [0.4, 0.5) is 0 Å². The van der Waals surface area contributed by atoms with Crippen LogP contribution < -0.4 is 20.2 Å². The maximum absolute atomic E-state index is 12.6. The summed E-state index contributed by atoms with van der Waals surface area (Å²) in [5, 5.41) is 6.83. The summed E-state index contributed by atoms with van der Waals surface area (Å²) in [7, 11) is 1.57. The number of rotatable bonds is 9. The molecule has 0 aliphatic rings. The van der Waals surface area contributed by atoms with Gasteiger partial charge in [0.2, 0.25) is 0 Å². The number of ether oxygens (including phenoxy) is 2. The summed E-state index contributed by atoms with van der Waals surface area (Å²) in [6.45, 7) is 7.62. The summed E-state index contributed by atoms with van der Waals surface area (Å²) >= 11 is 2.17. The van der Waals surface area contributed by atoms with Gasteiger partial charge in [-0.2, -0.15) is 5.10 Å². The Labute approximate surface area is 196 Å². The zero-order valence-electron chi connectivity index (χ0n) is 18.3. The number of methoxy groups -OCH3 is 1. The van der Waals surface area contributed by atoms with Crippen molar-refractivity contribution < 1.29 is 19.1 Å². The molecular weight excluding hydrogens is 509 g/mol. The van der Waals surface area contributed by atoms with E-state index in [0.717, 1.165) is 9.13 Å². The number of hydrogen-bond donors (Lipinski definition) is 2. The summed E-state index contributed by atoms with van der Waals surface area (Å²) in [4.78, 5) is 25.0. The molecule has 0 spiro atoms. The third-order valence-electron chi connectivity index (χ3n) is 4.27. The van der Waals surface area contributed by atoms with Crippen molar-refractivity contribution >= 4 is 40.6 Å². The third kappa shape index (κ3) is 7.23. The molecule has 0 aromatic heterocycles. The maximum Gasteiger partial charge on any atom is 0.262 e. The summed E-state index contributed by atoms with van der Waals surface area (Å²) in [5.74, 6) is 0.443. The number of nitrogens with zero attached hydrogens (tertiary/aromatic N) is 1. The van der Waals surface area contributed by atoms with Gasteiger partial charge in [0.05, 0.1) is 23.0 Å². The van der Waals surface area contributed by atoms with Gasteiger partial charge in [0.15, 0.2) is 11.5 Å². The fourth-order valence-electron chi connectivity index (χ4n) is 2.75. The Morgan fingerprint density at radius 3 is 2.35 bits per heavy atom. The van der Waals surface area contributed by atoms with Crippen LogP contribution in [0.5, 0.6) is 11.5 Å². The molecule has 2 aromatic carbocycles. The molecule has 0 radical (unpaired) electrons. The maximum atomic E-state index is 12.6. The van der Waals surface area contributed by atoms with Gasteiger partial charge in [-0.15, -0.1) is 0 Å². The second kappa shape index (κ2) is 11.7. The summed E-state index contributed by atoms with van der Waals surface area (Å²) in [6.07, 6.45) is 1.54. The molecule has 0 fully saturated rings. The highest BCUT2D eigenvalue weighted by atomic mass is 127. The number of hydrogen-bond acceptors (Lipinski definition) is 5. The fourth-order valence-corrected chi connectivity index (χ4v) is 3.51. The van der Waals surface area contributed by atoms with Gasteiger partial charge < -0.3 is 14.8 Å². The second-order valence-electron chi connectivity index (χ2n) is 7.50. The van der Waals surface area contributed by atoms with Gasteiger partial charge in [0.25, 0.3) is 11.8 Å². The number of carbonyl (C=O) groups is 2.